The lowest BCUT2D eigenvalue weighted by molar-refractivity contribution is 0.0276. The zero-order valence-corrected chi connectivity index (χ0v) is 7.48. The minimum absolute atomic E-state index is 0.411. The van der Waals surface area contributed by atoms with E-state index in [9.17, 15) is 0 Å². The zero-order valence-electron chi connectivity index (χ0n) is 7.48. The van der Waals surface area contributed by atoms with Gasteiger partial charge >= 0.3 is 0 Å². The van der Waals surface area contributed by atoms with Gasteiger partial charge in [-0.2, -0.15) is 0 Å². The maximum Gasteiger partial charge on any atom is 0.0649 e. The third-order valence-corrected chi connectivity index (χ3v) is 2.42. The van der Waals surface area contributed by atoms with E-state index in [1.54, 1.807) is 0 Å². The molecule has 0 amide bonds. The van der Waals surface area contributed by atoms with Crippen molar-refractivity contribution in [2.75, 3.05) is 6.61 Å². The Labute approximate surface area is 63.8 Å². The van der Waals surface area contributed by atoms with Gasteiger partial charge in [-0.25, -0.2) is 0 Å². The Morgan fingerprint density at radius 2 is 2.00 bits per heavy atom. The predicted molar refractivity (Wildman–Crippen MR) is 43.0 cm³/mol. The van der Waals surface area contributed by atoms with E-state index in [-0.39, 0.29) is 0 Å². The van der Waals surface area contributed by atoms with Crippen molar-refractivity contribution in [2.45, 2.75) is 40.2 Å². The lowest BCUT2D eigenvalue weighted by atomic mass is 9.80. The van der Waals surface area contributed by atoms with Crippen LogP contribution in [0.2, 0.25) is 0 Å². The van der Waals surface area contributed by atoms with Gasteiger partial charge in [-0.3, -0.25) is 0 Å². The fourth-order valence-corrected chi connectivity index (χ4v) is 1.91. The van der Waals surface area contributed by atoms with Crippen LogP contribution < -0.4 is 0 Å². The molecule has 1 aliphatic rings. The predicted octanol–water partition coefficient (Wildman–Crippen LogP) is 2.46. The third kappa shape index (κ3) is 1.34. The van der Waals surface area contributed by atoms with E-state index in [0.29, 0.717) is 17.4 Å². The molecule has 0 aromatic heterocycles. The van der Waals surface area contributed by atoms with E-state index < -0.39 is 0 Å². The van der Waals surface area contributed by atoms with Crippen LogP contribution in [0.1, 0.15) is 34.1 Å². The maximum atomic E-state index is 5.63. The third-order valence-electron chi connectivity index (χ3n) is 2.42. The van der Waals surface area contributed by atoms with E-state index in [4.69, 9.17) is 4.74 Å². The maximum absolute atomic E-state index is 5.63. The van der Waals surface area contributed by atoms with E-state index in [1.807, 2.05) is 0 Å². The normalized spacial score (nSPS) is 31.5. The Hall–Kier alpha value is -0.0400. The molecule has 1 atom stereocenters. The van der Waals surface area contributed by atoms with Gasteiger partial charge in [0.15, 0.2) is 0 Å². The van der Waals surface area contributed by atoms with E-state index in [0.717, 1.165) is 6.61 Å². The number of rotatable bonds is 1. The van der Waals surface area contributed by atoms with Gasteiger partial charge in [-0.15, -0.1) is 0 Å². The monoisotopic (exact) mass is 142 g/mol. The lowest BCUT2D eigenvalue weighted by Crippen LogP contribution is -2.29. The van der Waals surface area contributed by atoms with Crippen molar-refractivity contribution >= 4 is 0 Å². The van der Waals surface area contributed by atoms with E-state index in [2.05, 4.69) is 27.7 Å². The molecule has 1 fully saturated rings. The molecule has 1 aliphatic heterocycles. The molecule has 60 valence electrons. The molecule has 0 N–H and O–H groups in total. The first-order valence-corrected chi connectivity index (χ1v) is 4.15. The Morgan fingerprint density at radius 1 is 1.40 bits per heavy atom. The molecule has 0 unspecified atom stereocenters. The Balaban J connectivity index is 2.59. The molecule has 1 heteroatoms. The second-order valence-electron chi connectivity index (χ2n) is 4.27. The van der Waals surface area contributed by atoms with Gasteiger partial charge in [0.05, 0.1) is 6.10 Å². The zero-order chi connectivity index (χ0) is 7.78. The number of hydrogen-bond donors (Lipinski definition) is 0. The summed E-state index contributed by atoms with van der Waals surface area (Å²) in [4.78, 5) is 0. The van der Waals surface area contributed by atoms with Crippen LogP contribution >= 0.6 is 0 Å². The first kappa shape index (κ1) is 8.06. The summed E-state index contributed by atoms with van der Waals surface area (Å²) in [5.41, 5.74) is 0.411. The average molecular weight is 142 g/mol. The summed E-state index contributed by atoms with van der Waals surface area (Å²) in [6.07, 6.45) is 1.70. The molecule has 0 saturated carbocycles. The van der Waals surface area contributed by atoms with Gasteiger partial charge in [0.2, 0.25) is 0 Å². The molecule has 0 bridgehead atoms. The minimum atomic E-state index is 0.411. The van der Waals surface area contributed by atoms with Crippen LogP contribution in [0.15, 0.2) is 0 Å². The van der Waals surface area contributed by atoms with Gasteiger partial charge in [-0.05, 0) is 17.8 Å². The highest BCUT2D eigenvalue weighted by atomic mass is 16.5. The van der Waals surface area contributed by atoms with E-state index >= 15 is 0 Å². The molecule has 1 heterocycles. The van der Waals surface area contributed by atoms with Gasteiger partial charge in [0.25, 0.3) is 0 Å². The van der Waals surface area contributed by atoms with Gasteiger partial charge in [-0.1, -0.05) is 27.7 Å². The van der Waals surface area contributed by atoms with E-state index in [1.165, 1.54) is 6.42 Å². The van der Waals surface area contributed by atoms with Crippen molar-refractivity contribution in [3.05, 3.63) is 0 Å². The van der Waals surface area contributed by atoms with Gasteiger partial charge in [0.1, 0.15) is 0 Å². The smallest absolute Gasteiger partial charge is 0.0649 e. The average Bonchev–Trinajstić information content (AvgIpc) is 2.08. The molecule has 0 aliphatic carbocycles. The van der Waals surface area contributed by atoms with Gasteiger partial charge < -0.3 is 4.74 Å². The molecule has 0 radical (unpaired) electrons. The summed E-state index contributed by atoms with van der Waals surface area (Å²) in [6.45, 7) is 10.0. The molecule has 0 spiro atoms. The fraction of sp³-hybridized carbons (Fsp3) is 1.00. The summed E-state index contributed by atoms with van der Waals surface area (Å²) >= 11 is 0. The molecule has 10 heavy (non-hydrogen) atoms. The summed E-state index contributed by atoms with van der Waals surface area (Å²) in [6, 6.07) is 0. The van der Waals surface area contributed by atoms with Crippen molar-refractivity contribution in [1.82, 2.24) is 0 Å². The first-order valence-electron chi connectivity index (χ1n) is 4.15. The fourth-order valence-electron chi connectivity index (χ4n) is 1.91. The Kier molecular flexibility index (Phi) is 2.04. The van der Waals surface area contributed by atoms with Crippen LogP contribution in [0.4, 0.5) is 0 Å². The summed E-state index contributed by atoms with van der Waals surface area (Å²) in [7, 11) is 0. The highest BCUT2D eigenvalue weighted by Gasteiger charge is 2.37. The molecule has 1 nitrogen and oxygen atoms in total. The molecule has 1 saturated heterocycles. The highest BCUT2D eigenvalue weighted by molar-refractivity contribution is 4.85. The van der Waals surface area contributed by atoms with Crippen molar-refractivity contribution in [3.63, 3.8) is 0 Å². The standard InChI is InChI=1S/C9H18O/c1-7(2)8-9(3,4)5-6-10-8/h7-8H,5-6H2,1-4H3/t8-/m1/s1. The molecule has 1 rings (SSSR count). The largest absolute Gasteiger partial charge is 0.377 e. The summed E-state index contributed by atoms with van der Waals surface area (Å²) in [5.74, 6) is 0.664. The second-order valence-corrected chi connectivity index (χ2v) is 4.27. The second kappa shape index (κ2) is 2.54. The Morgan fingerprint density at radius 3 is 2.20 bits per heavy atom. The van der Waals surface area contributed by atoms with Crippen LogP contribution in [0, 0.1) is 11.3 Å². The molecule has 0 aromatic rings. The van der Waals surface area contributed by atoms with Crippen LogP contribution in [-0.4, -0.2) is 12.7 Å². The molecular weight excluding hydrogens is 124 g/mol. The van der Waals surface area contributed by atoms with Gasteiger partial charge in [0, 0.05) is 6.61 Å². The topological polar surface area (TPSA) is 9.23 Å². The summed E-state index contributed by atoms with van der Waals surface area (Å²) < 4.78 is 5.63. The molecule has 0 aromatic carbocycles. The SMILES string of the molecule is CC(C)[C@H]1OCCC1(C)C. The first-order chi connectivity index (χ1) is 4.54. The highest BCUT2D eigenvalue weighted by Crippen LogP contribution is 2.37. The number of hydrogen-bond acceptors (Lipinski definition) is 1. The van der Waals surface area contributed by atoms with Crippen molar-refractivity contribution in [3.8, 4) is 0 Å². The molecular formula is C9H18O. The summed E-state index contributed by atoms with van der Waals surface area (Å²) in [5, 5.41) is 0. The van der Waals surface area contributed by atoms with Crippen LogP contribution in [-0.2, 0) is 4.74 Å². The lowest BCUT2D eigenvalue weighted by Gasteiger charge is -2.28. The quantitative estimate of drug-likeness (QED) is 0.546. The van der Waals surface area contributed by atoms with Crippen LogP contribution in [0.5, 0.6) is 0 Å². The van der Waals surface area contributed by atoms with Crippen LogP contribution in [0.25, 0.3) is 0 Å². The minimum Gasteiger partial charge on any atom is -0.377 e. The van der Waals surface area contributed by atoms with Crippen molar-refractivity contribution < 1.29 is 4.74 Å². The Bertz CT molecular complexity index is 116. The van der Waals surface area contributed by atoms with Crippen molar-refractivity contribution in [2.24, 2.45) is 11.3 Å². The van der Waals surface area contributed by atoms with Crippen LogP contribution in [0.3, 0.4) is 0 Å². The number of ether oxygens (including phenoxy) is 1. The van der Waals surface area contributed by atoms with Crippen molar-refractivity contribution in [1.29, 1.82) is 0 Å².